The second-order valence-corrected chi connectivity index (χ2v) is 3.64. The van der Waals surface area contributed by atoms with Crippen LogP contribution < -0.4 is 0 Å². The maximum atomic E-state index is 2.27. The first-order valence-corrected chi connectivity index (χ1v) is 4.32. The highest BCUT2D eigenvalue weighted by molar-refractivity contribution is 5.53. The molecule has 0 heteroatoms. The molecule has 3 aliphatic rings. The fourth-order valence-electron chi connectivity index (χ4n) is 2.24. The fraction of sp³-hybridized carbons (Fsp3) is 0.167. The molecule has 0 atom stereocenters. The highest BCUT2D eigenvalue weighted by Crippen LogP contribution is 2.57. The van der Waals surface area contributed by atoms with E-state index in [-0.39, 0.29) is 10.8 Å². The summed E-state index contributed by atoms with van der Waals surface area (Å²) < 4.78 is 0. The summed E-state index contributed by atoms with van der Waals surface area (Å²) in [5, 5.41) is 0. The van der Waals surface area contributed by atoms with Crippen molar-refractivity contribution in [3.05, 3.63) is 60.8 Å². The maximum Gasteiger partial charge on any atom is 0.0410 e. The first kappa shape index (κ1) is 6.24. The van der Waals surface area contributed by atoms with Gasteiger partial charge < -0.3 is 0 Å². The molecule has 0 aromatic carbocycles. The second-order valence-electron chi connectivity index (χ2n) is 3.64. The molecule has 0 aliphatic heterocycles. The van der Waals surface area contributed by atoms with E-state index < -0.39 is 0 Å². The highest BCUT2D eigenvalue weighted by atomic mass is 14.5. The molecular formula is C12H10. The molecule has 12 heavy (non-hydrogen) atoms. The Kier molecular flexibility index (Phi) is 0.891. The van der Waals surface area contributed by atoms with E-state index in [4.69, 9.17) is 0 Å². The number of rotatable bonds is 0. The van der Waals surface area contributed by atoms with Crippen molar-refractivity contribution in [1.82, 2.24) is 0 Å². The Morgan fingerprint density at radius 2 is 0.750 bits per heavy atom. The van der Waals surface area contributed by atoms with Gasteiger partial charge in [-0.2, -0.15) is 0 Å². The van der Waals surface area contributed by atoms with Gasteiger partial charge in [0.25, 0.3) is 0 Å². The predicted molar refractivity (Wildman–Crippen MR) is 50.6 cm³/mol. The fourth-order valence-corrected chi connectivity index (χ4v) is 2.24. The standard InChI is InChI=1S/C12H10/c1-2-6-12-8-4-3-7-11(12,5-1)9-10-12/h1-10H. The summed E-state index contributed by atoms with van der Waals surface area (Å²) in [7, 11) is 0. The minimum Gasteiger partial charge on any atom is -0.0721 e. The van der Waals surface area contributed by atoms with E-state index in [9.17, 15) is 0 Å². The van der Waals surface area contributed by atoms with Crippen LogP contribution in [-0.2, 0) is 0 Å². The average molecular weight is 154 g/mol. The lowest BCUT2D eigenvalue weighted by Crippen LogP contribution is -2.42. The predicted octanol–water partition coefficient (Wildman–Crippen LogP) is 2.78. The molecule has 0 aromatic heterocycles. The number of hydrogen-bond acceptors (Lipinski definition) is 0. The van der Waals surface area contributed by atoms with E-state index in [2.05, 4.69) is 60.8 Å². The van der Waals surface area contributed by atoms with E-state index in [1.54, 1.807) is 0 Å². The van der Waals surface area contributed by atoms with Gasteiger partial charge in [0.2, 0.25) is 0 Å². The third-order valence-corrected chi connectivity index (χ3v) is 3.10. The van der Waals surface area contributed by atoms with Crippen molar-refractivity contribution in [2.45, 2.75) is 0 Å². The van der Waals surface area contributed by atoms with E-state index in [0.29, 0.717) is 0 Å². The van der Waals surface area contributed by atoms with Crippen molar-refractivity contribution in [3.63, 3.8) is 0 Å². The Balaban J connectivity index is 2.27. The molecule has 3 rings (SSSR count). The Morgan fingerprint density at radius 3 is 1.00 bits per heavy atom. The van der Waals surface area contributed by atoms with Crippen molar-refractivity contribution >= 4 is 0 Å². The van der Waals surface area contributed by atoms with Gasteiger partial charge in [-0.25, -0.2) is 0 Å². The topological polar surface area (TPSA) is 0 Å². The molecule has 0 amide bonds. The lowest BCUT2D eigenvalue weighted by molar-refractivity contribution is 0.347. The van der Waals surface area contributed by atoms with E-state index in [1.165, 1.54) is 0 Å². The van der Waals surface area contributed by atoms with Gasteiger partial charge in [-0.15, -0.1) is 0 Å². The average Bonchev–Trinajstić information content (AvgIpc) is 2.09. The Labute approximate surface area is 72.3 Å². The van der Waals surface area contributed by atoms with Gasteiger partial charge in [-0.05, 0) is 0 Å². The van der Waals surface area contributed by atoms with Gasteiger partial charge in [-0.3, -0.25) is 0 Å². The van der Waals surface area contributed by atoms with Crippen LogP contribution >= 0.6 is 0 Å². The van der Waals surface area contributed by atoms with Crippen LogP contribution in [0.25, 0.3) is 0 Å². The Hall–Kier alpha value is -1.30. The van der Waals surface area contributed by atoms with Crippen LogP contribution in [0.5, 0.6) is 0 Å². The van der Waals surface area contributed by atoms with Gasteiger partial charge in [0, 0.05) is 10.8 Å². The molecule has 3 aliphatic carbocycles. The molecule has 58 valence electrons. The van der Waals surface area contributed by atoms with Crippen molar-refractivity contribution in [3.8, 4) is 0 Å². The molecule has 0 fully saturated rings. The van der Waals surface area contributed by atoms with Gasteiger partial charge in [0.15, 0.2) is 0 Å². The molecule has 0 bridgehead atoms. The van der Waals surface area contributed by atoms with Crippen molar-refractivity contribution in [2.75, 3.05) is 0 Å². The number of allylic oxidation sites excluding steroid dienone is 10. The minimum absolute atomic E-state index is 0.177. The molecule has 0 aromatic rings. The van der Waals surface area contributed by atoms with Crippen molar-refractivity contribution in [2.24, 2.45) is 10.8 Å². The molecule has 0 saturated carbocycles. The zero-order valence-corrected chi connectivity index (χ0v) is 6.77. The normalized spacial score (nSPS) is 45.3. The van der Waals surface area contributed by atoms with Crippen molar-refractivity contribution < 1.29 is 0 Å². The van der Waals surface area contributed by atoms with Crippen LogP contribution in [0.2, 0.25) is 0 Å². The van der Waals surface area contributed by atoms with Crippen molar-refractivity contribution in [1.29, 1.82) is 0 Å². The maximum absolute atomic E-state index is 2.27. The van der Waals surface area contributed by atoms with Crippen LogP contribution in [0.3, 0.4) is 0 Å². The molecular weight excluding hydrogens is 144 g/mol. The van der Waals surface area contributed by atoms with E-state index in [0.717, 1.165) is 0 Å². The summed E-state index contributed by atoms with van der Waals surface area (Å²) in [5.41, 5.74) is 0.354. The van der Waals surface area contributed by atoms with Gasteiger partial charge >= 0.3 is 0 Å². The summed E-state index contributed by atoms with van der Waals surface area (Å²) >= 11 is 0. The zero-order chi connectivity index (χ0) is 8.07. The van der Waals surface area contributed by atoms with Crippen LogP contribution in [0.4, 0.5) is 0 Å². The lowest BCUT2D eigenvalue weighted by atomic mass is 9.52. The third kappa shape index (κ3) is 0.482. The van der Waals surface area contributed by atoms with Gasteiger partial charge in [0.05, 0.1) is 0 Å². The third-order valence-electron chi connectivity index (χ3n) is 3.10. The SMILES string of the molecule is C1=CC23C=CC=CC2(C=C1)C=C3. The van der Waals surface area contributed by atoms with Gasteiger partial charge in [-0.1, -0.05) is 60.8 Å². The largest absolute Gasteiger partial charge is 0.0721 e. The molecule has 0 spiro atoms. The summed E-state index contributed by atoms with van der Waals surface area (Å²) in [6, 6.07) is 0. The smallest absolute Gasteiger partial charge is 0.0410 e. The van der Waals surface area contributed by atoms with Crippen LogP contribution in [0, 0.1) is 10.8 Å². The zero-order valence-electron chi connectivity index (χ0n) is 6.77. The Morgan fingerprint density at radius 1 is 0.417 bits per heavy atom. The van der Waals surface area contributed by atoms with E-state index in [1.807, 2.05) is 0 Å². The quantitative estimate of drug-likeness (QED) is 0.471. The molecule has 0 unspecified atom stereocenters. The van der Waals surface area contributed by atoms with E-state index >= 15 is 0 Å². The summed E-state index contributed by atoms with van der Waals surface area (Å²) in [5.74, 6) is 0. The lowest BCUT2D eigenvalue weighted by Gasteiger charge is -2.50. The second kappa shape index (κ2) is 1.71. The van der Waals surface area contributed by atoms with Crippen LogP contribution in [0.15, 0.2) is 60.8 Å². The Bertz CT molecular complexity index is 301. The molecule has 0 nitrogen and oxygen atoms in total. The first-order valence-electron chi connectivity index (χ1n) is 4.32. The summed E-state index contributed by atoms with van der Waals surface area (Å²) in [6.07, 6.45) is 22.1. The summed E-state index contributed by atoms with van der Waals surface area (Å²) in [4.78, 5) is 0. The molecule has 0 heterocycles. The van der Waals surface area contributed by atoms with Crippen LogP contribution in [0.1, 0.15) is 0 Å². The highest BCUT2D eigenvalue weighted by Gasteiger charge is 2.49. The number of hydrogen-bond donors (Lipinski definition) is 0. The molecule has 0 N–H and O–H groups in total. The first-order chi connectivity index (χ1) is 5.87. The van der Waals surface area contributed by atoms with Gasteiger partial charge in [0.1, 0.15) is 0 Å². The molecule has 0 saturated heterocycles. The minimum atomic E-state index is 0.177. The summed E-state index contributed by atoms with van der Waals surface area (Å²) in [6.45, 7) is 0. The monoisotopic (exact) mass is 154 g/mol. The molecule has 0 radical (unpaired) electrons. The van der Waals surface area contributed by atoms with Crippen LogP contribution in [-0.4, -0.2) is 0 Å².